The molecule has 10 heteroatoms. The summed E-state index contributed by atoms with van der Waals surface area (Å²) < 4.78 is 9.42. The zero-order valence-corrected chi connectivity index (χ0v) is 26.5. The highest BCUT2D eigenvalue weighted by molar-refractivity contribution is 6.30. The van der Waals surface area contributed by atoms with Crippen molar-refractivity contribution in [2.45, 2.75) is 53.4 Å². The Hall–Kier alpha value is -5.25. The topological polar surface area (TPSA) is 143 Å². The highest BCUT2D eigenvalue weighted by Crippen LogP contribution is 2.29. The molecule has 0 aromatic carbocycles. The van der Waals surface area contributed by atoms with Crippen molar-refractivity contribution >= 4 is 59.8 Å². The summed E-state index contributed by atoms with van der Waals surface area (Å²) in [5, 5.41) is 4.49. The van der Waals surface area contributed by atoms with E-state index in [9.17, 15) is 19.2 Å². The predicted octanol–water partition coefficient (Wildman–Crippen LogP) is 3.85. The molecule has 4 heterocycles. The molecule has 2 amide bonds. The van der Waals surface area contributed by atoms with Crippen molar-refractivity contribution in [3.63, 3.8) is 0 Å². The first-order valence-corrected chi connectivity index (χ1v) is 14.5. The third-order valence-corrected chi connectivity index (χ3v) is 8.31. The third kappa shape index (κ3) is 6.64. The minimum Gasteiger partial charge on any atom is -0.469 e. The molecule has 0 saturated heterocycles. The number of carbonyl (C=O) groups excluding carboxylic acids is 4. The lowest BCUT2D eigenvalue weighted by Crippen LogP contribution is -2.17. The van der Waals surface area contributed by atoms with Crippen LogP contribution in [-0.4, -0.2) is 53.7 Å². The average molecular weight is 611 g/mol. The Balaban J connectivity index is 1.72. The van der Waals surface area contributed by atoms with E-state index in [0.717, 1.165) is 55.5 Å². The van der Waals surface area contributed by atoms with Crippen LogP contribution < -0.4 is 16.0 Å². The molecule has 0 fully saturated rings. The van der Waals surface area contributed by atoms with Crippen molar-refractivity contribution < 1.29 is 28.7 Å². The molecule has 2 aromatic heterocycles. The van der Waals surface area contributed by atoms with Crippen molar-refractivity contribution in [3.8, 4) is 0 Å². The van der Waals surface area contributed by atoms with Crippen LogP contribution in [0.25, 0.3) is 30.4 Å². The van der Waals surface area contributed by atoms with Crippen LogP contribution in [0.15, 0.2) is 46.1 Å². The van der Waals surface area contributed by atoms with Crippen molar-refractivity contribution in [2.24, 2.45) is 4.99 Å². The average Bonchev–Trinajstić information content (AvgIpc) is 3.66. The van der Waals surface area contributed by atoms with Crippen molar-refractivity contribution in [3.05, 3.63) is 85.5 Å². The van der Waals surface area contributed by atoms with Crippen molar-refractivity contribution in [1.29, 1.82) is 0 Å². The van der Waals surface area contributed by atoms with Gasteiger partial charge in [0.15, 0.2) is 0 Å². The normalized spacial score (nSPS) is 16.6. The van der Waals surface area contributed by atoms with Gasteiger partial charge in [0.1, 0.15) is 0 Å². The molecule has 2 aliphatic heterocycles. The van der Waals surface area contributed by atoms with E-state index < -0.39 is 0 Å². The monoisotopic (exact) mass is 610 g/mol. The maximum absolute atomic E-state index is 12.6. The zero-order valence-electron chi connectivity index (χ0n) is 26.5. The quantitative estimate of drug-likeness (QED) is 0.330. The van der Waals surface area contributed by atoms with Crippen LogP contribution in [0.2, 0.25) is 0 Å². The van der Waals surface area contributed by atoms with Gasteiger partial charge in [0.05, 0.1) is 19.9 Å². The number of nitrogens with zero attached hydrogens (tertiary/aromatic N) is 1. The van der Waals surface area contributed by atoms with Gasteiger partial charge in [-0.1, -0.05) is 25.3 Å². The summed E-state index contributed by atoms with van der Waals surface area (Å²) in [5.41, 5.74) is 9.04. The van der Waals surface area contributed by atoms with E-state index in [1.807, 2.05) is 45.9 Å². The number of carbonyl (C=O) groups is 4. The second-order valence-corrected chi connectivity index (χ2v) is 10.9. The number of nitrogens with one attached hydrogen (secondary N) is 3. The molecule has 0 radical (unpaired) electrons. The lowest BCUT2D eigenvalue weighted by Gasteiger charge is -2.01. The van der Waals surface area contributed by atoms with Crippen LogP contribution in [0.4, 0.5) is 0 Å². The van der Waals surface area contributed by atoms with Crippen LogP contribution in [0.3, 0.4) is 0 Å². The first kappa shape index (κ1) is 32.7. The fourth-order valence-electron chi connectivity index (χ4n) is 5.51. The molecule has 3 N–H and O–H groups in total. The largest absolute Gasteiger partial charge is 0.469 e. The van der Waals surface area contributed by atoms with Crippen LogP contribution in [0.5, 0.6) is 0 Å². The van der Waals surface area contributed by atoms with Crippen LogP contribution in [0.1, 0.15) is 73.2 Å². The highest BCUT2D eigenvalue weighted by atomic mass is 16.5. The highest BCUT2D eigenvalue weighted by Gasteiger charge is 2.26. The molecule has 4 rings (SSSR count). The molecule has 0 aliphatic carbocycles. The lowest BCUT2D eigenvalue weighted by atomic mass is 10.0. The van der Waals surface area contributed by atoms with Gasteiger partial charge in [0.2, 0.25) is 0 Å². The fraction of sp³-hybridized carbons (Fsp3) is 0.286. The summed E-state index contributed by atoms with van der Waals surface area (Å²) in [6.45, 7) is 15.6. The van der Waals surface area contributed by atoms with Gasteiger partial charge in [-0.15, -0.1) is 0 Å². The van der Waals surface area contributed by atoms with E-state index in [4.69, 9.17) is 9.47 Å². The second-order valence-electron chi connectivity index (χ2n) is 10.9. The molecule has 0 spiro atoms. The number of allylic oxidation sites excluding steroid dienone is 2. The molecule has 2 aromatic rings. The van der Waals surface area contributed by atoms with Gasteiger partial charge in [-0.25, -0.2) is 4.99 Å². The van der Waals surface area contributed by atoms with E-state index in [-0.39, 0.29) is 43.0 Å². The van der Waals surface area contributed by atoms with E-state index in [0.29, 0.717) is 29.0 Å². The summed E-state index contributed by atoms with van der Waals surface area (Å²) in [6, 6.07) is 0. The summed E-state index contributed by atoms with van der Waals surface area (Å²) in [6.07, 6.45) is 10.00. The molecule has 0 saturated carbocycles. The smallest absolute Gasteiger partial charge is 0.305 e. The Morgan fingerprint density at radius 1 is 0.756 bits per heavy atom. The molecule has 2 aliphatic rings. The van der Waals surface area contributed by atoms with Gasteiger partial charge >= 0.3 is 11.9 Å². The Labute approximate surface area is 261 Å². The van der Waals surface area contributed by atoms with Crippen molar-refractivity contribution in [1.82, 2.24) is 15.3 Å². The molecule has 0 bridgehead atoms. The number of aromatic nitrogens is 2. The van der Waals surface area contributed by atoms with Crippen LogP contribution in [0, 0.1) is 13.8 Å². The number of amides is 2. The number of aliphatic imine (C=N–C) groups is 1. The van der Waals surface area contributed by atoms with E-state index in [2.05, 4.69) is 33.4 Å². The van der Waals surface area contributed by atoms with E-state index >= 15 is 0 Å². The first-order chi connectivity index (χ1) is 21.4. The lowest BCUT2D eigenvalue weighted by molar-refractivity contribution is -0.141. The number of methoxy groups -OCH3 is 2. The number of rotatable bonds is 11. The zero-order chi connectivity index (χ0) is 33.0. The SMILES string of the molecule is C=Cc1c(/C=C2\NC(=O)C(CCC(=O)OC)=C2C)[nH]c(/C=c2\[nH]/c(=C\C3=NC(=O)C(CCC(=O)OC)=C3C)c(C=C)c2C)c1C. The number of ether oxygens (including phenoxy) is 2. The molecule has 10 nitrogen and oxygen atoms in total. The molecule has 0 atom stereocenters. The molecule has 45 heavy (non-hydrogen) atoms. The van der Waals surface area contributed by atoms with Crippen molar-refractivity contribution in [2.75, 3.05) is 14.2 Å². The summed E-state index contributed by atoms with van der Waals surface area (Å²) in [7, 11) is 2.64. The first-order valence-electron chi connectivity index (χ1n) is 14.5. The Bertz CT molecular complexity index is 1890. The Morgan fingerprint density at radius 2 is 1.38 bits per heavy atom. The summed E-state index contributed by atoms with van der Waals surface area (Å²) in [4.78, 5) is 59.6. The number of H-pyrrole nitrogens is 2. The maximum atomic E-state index is 12.6. The van der Waals surface area contributed by atoms with Gasteiger partial charge in [-0.3, -0.25) is 19.2 Å². The number of aromatic amines is 2. The number of hydrogen-bond acceptors (Lipinski definition) is 6. The molecular formula is C35H38N4O6. The molecular weight excluding hydrogens is 572 g/mol. The van der Waals surface area contributed by atoms with E-state index in [1.165, 1.54) is 14.2 Å². The fourth-order valence-corrected chi connectivity index (χ4v) is 5.51. The Morgan fingerprint density at radius 3 is 1.98 bits per heavy atom. The van der Waals surface area contributed by atoms with Gasteiger partial charge in [-0.05, 0) is 81.0 Å². The third-order valence-electron chi connectivity index (χ3n) is 8.31. The molecule has 0 unspecified atom stereocenters. The van der Waals surface area contributed by atoms with Gasteiger partial charge < -0.3 is 24.8 Å². The standard InChI is InChI=1S/C35H38N4O6/c1-9-22-18(3)26(36-30(22)16-28-20(5)24(34(42)38-28)11-13-32(40)44-7)15-27-19(4)23(10-2)31(37-27)17-29-21(6)25(35(43)39-29)12-14-33(41)45-8/h9-10,15-17,36-37H,1-2,11-14H2,3-8H3,(H,38,42)/b27-15-,28-16-,31-17-. The minimum atomic E-state index is -0.381. The van der Waals surface area contributed by atoms with Gasteiger partial charge in [0, 0.05) is 62.9 Å². The molecule has 234 valence electrons. The van der Waals surface area contributed by atoms with Crippen LogP contribution >= 0.6 is 0 Å². The van der Waals surface area contributed by atoms with Gasteiger partial charge in [-0.2, -0.15) is 0 Å². The van der Waals surface area contributed by atoms with E-state index in [1.54, 1.807) is 12.2 Å². The summed E-state index contributed by atoms with van der Waals surface area (Å²) >= 11 is 0. The summed E-state index contributed by atoms with van der Waals surface area (Å²) in [5.74, 6) is -1.33. The second kappa shape index (κ2) is 13.6. The number of esters is 2. The minimum absolute atomic E-state index is 0.107. The Kier molecular flexibility index (Phi) is 9.86. The van der Waals surface area contributed by atoms with Crippen LogP contribution in [-0.2, 0) is 28.7 Å². The maximum Gasteiger partial charge on any atom is 0.305 e. The van der Waals surface area contributed by atoms with Gasteiger partial charge in [0.25, 0.3) is 11.8 Å². The number of hydrogen-bond donors (Lipinski definition) is 3. The predicted molar refractivity (Wildman–Crippen MR) is 175 cm³/mol.